The van der Waals surface area contributed by atoms with E-state index in [0.29, 0.717) is 18.0 Å². The van der Waals surface area contributed by atoms with E-state index in [1.807, 2.05) is 17.1 Å². The normalized spacial score (nSPS) is 10.2. The van der Waals surface area contributed by atoms with Crippen molar-refractivity contribution >= 4 is 17.5 Å². The molecule has 0 saturated heterocycles. The Morgan fingerprint density at radius 3 is 2.50 bits per heavy atom. The van der Waals surface area contributed by atoms with Crippen LogP contribution in [-0.2, 0) is 6.42 Å². The van der Waals surface area contributed by atoms with E-state index in [2.05, 4.69) is 10.3 Å². The molecule has 2 rings (SSSR count). The van der Waals surface area contributed by atoms with Crippen LogP contribution in [-0.4, -0.2) is 22.4 Å². The molecule has 0 bridgehead atoms. The topological polar surface area (TPSA) is 94.8 Å². The third kappa shape index (κ3) is 3.83. The maximum atomic E-state index is 11.7. The molecule has 104 valence electrons. The van der Waals surface area contributed by atoms with Gasteiger partial charge in [-0.15, -0.1) is 0 Å². The van der Waals surface area contributed by atoms with Gasteiger partial charge in [-0.1, -0.05) is 23.7 Å². The van der Waals surface area contributed by atoms with Crippen LogP contribution in [0.4, 0.5) is 0 Å². The lowest BCUT2D eigenvalue weighted by atomic mass is 10.1. The van der Waals surface area contributed by atoms with E-state index in [4.69, 9.17) is 11.6 Å². The first-order chi connectivity index (χ1) is 9.54. The van der Waals surface area contributed by atoms with Crippen LogP contribution >= 0.6 is 11.6 Å². The fraction of sp³-hybridized carbons (Fsp3) is 0.154. The zero-order chi connectivity index (χ0) is 14.5. The van der Waals surface area contributed by atoms with E-state index in [1.54, 1.807) is 12.1 Å². The average molecular weight is 294 g/mol. The molecule has 1 aromatic carbocycles. The van der Waals surface area contributed by atoms with Gasteiger partial charge in [-0.05, 0) is 24.1 Å². The predicted molar refractivity (Wildman–Crippen MR) is 75.2 cm³/mol. The molecule has 0 saturated carbocycles. The molecule has 0 aliphatic rings. The number of halogens is 1. The Hall–Kier alpha value is -2.34. The Kier molecular flexibility index (Phi) is 4.37. The minimum atomic E-state index is -0.708. The van der Waals surface area contributed by atoms with Crippen LogP contribution in [0.2, 0.25) is 5.02 Å². The van der Waals surface area contributed by atoms with Crippen molar-refractivity contribution < 1.29 is 4.79 Å². The zero-order valence-corrected chi connectivity index (χ0v) is 11.2. The molecule has 6 nitrogen and oxygen atoms in total. The minimum Gasteiger partial charge on any atom is -0.350 e. The Morgan fingerprint density at radius 2 is 1.85 bits per heavy atom. The number of aromatic nitrogens is 2. The van der Waals surface area contributed by atoms with Crippen LogP contribution in [0.3, 0.4) is 0 Å². The summed E-state index contributed by atoms with van der Waals surface area (Å²) in [4.78, 5) is 38.1. The molecule has 7 heteroatoms. The largest absolute Gasteiger partial charge is 0.350 e. The molecular weight excluding hydrogens is 282 g/mol. The molecule has 2 aromatic rings. The lowest BCUT2D eigenvalue weighted by Crippen LogP contribution is -2.31. The summed E-state index contributed by atoms with van der Waals surface area (Å²) in [5.74, 6) is -0.498. The Morgan fingerprint density at radius 1 is 1.15 bits per heavy atom. The minimum absolute atomic E-state index is 0.0603. The van der Waals surface area contributed by atoms with Crippen LogP contribution in [0, 0.1) is 0 Å². The molecule has 0 aliphatic carbocycles. The maximum absolute atomic E-state index is 11.7. The van der Waals surface area contributed by atoms with Crippen molar-refractivity contribution in [3.05, 3.63) is 67.4 Å². The number of carbonyl (C=O) groups is 1. The predicted octanol–water partition coefficient (Wildman–Crippen LogP) is 0.689. The molecule has 0 aliphatic heterocycles. The third-order valence-electron chi connectivity index (χ3n) is 2.62. The van der Waals surface area contributed by atoms with E-state index in [0.717, 1.165) is 11.6 Å². The fourth-order valence-corrected chi connectivity index (χ4v) is 1.78. The Bertz CT molecular complexity index is 690. The summed E-state index contributed by atoms with van der Waals surface area (Å²) in [6, 6.07) is 8.31. The van der Waals surface area contributed by atoms with Gasteiger partial charge in [-0.3, -0.25) is 14.6 Å². The molecular formula is C13H12ClN3O3. The lowest BCUT2D eigenvalue weighted by molar-refractivity contribution is 0.0948. The van der Waals surface area contributed by atoms with Gasteiger partial charge in [0.25, 0.3) is 11.5 Å². The molecule has 0 fully saturated rings. The van der Waals surface area contributed by atoms with Crippen molar-refractivity contribution in [2.45, 2.75) is 6.42 Å². The van der Waals surface area contributed by atoms with Crippen LogP contribution in [0.15, 0.2) is 39.9 Å². The quantitative estimate of drug-likeness (QED) is 0.774. The first-order valence-corrected chi connectivity index (χ1v) is 6.29. The molecule has 1 aromatic heterocycles. The van der Waals surface area contributed by atoms with Crippen molar-refractivity contribution in [3.8, 4) is 0 Å². The van der Waals surface area contributed by atoms with Gasteiger partial charge >= 0.3 is 5.69 Å². The summed E-state index contributed by atoms with van der Waals surface area (Å²) in [7, 11) is 0. The van der Waals surface area contributed by atoms with Crippen molar-refractivity contribution in [3.63, 3.8) is 0 Å². The number of carbonyl (C=O) groups excluding carboxylic acids is 1. The van der Waals surface area contributed by atoms with Gasteiger partial charge in [-0.2, -0.15) is 0 Å². The zero-order valence-electron chi connectivity index (χ0n) is 10.4. The van der Waals surface area contributed by atoms with Crippen molar-refractivity contribution in [1.82, 2.24) is 15.3 Å². The number of rotatable bonds is 4. The van der Waals surface area contributed by atoms with Gasteiger partial charge in [0.1, 0.15) is 5.69 Å². The highest BCUT2D eigenvalue weighted by atomic mass is 35.5. The van der Waals surface area contributed by atoms with Crippen molar-refractivity contribution in [1.29, 1.82) is 0 Å². The number of amides is 1. The second-order valence-electron chi connectivity index (χ2n) is 4.13. The molecule has 1 amide bonds. The summed E-state index contributed by atoms with van der Waals surface area (Å²) >= 11 is 5.77. The molecule has 0 spiro atoms. The number of hydrogen-bond donors (Lipinski definition) is 3. The smallest absolute Gasteiger partial charge is 0.326 e. The van der Waals surface area contributed by atoms with E-state index >= 15 is 0 Å². The van der Waals surface area contributed by atoms with Crippen LogP contribution < -0.4 is 16.6 Å². The number of benzene rings is 1. The number of H-pyrrole nitrogens is 2. The molecule has 0 atom stereocenters. The van der Waals surface area contributed by atoms with Gasteiger partial charge in [0, 0.05) is 17.6 Å². The van der Waals surface area contributed by atoms with Gasteiger partial charge in [0.15, 0.2) is 0 Å². The number of nitrogens with one attached hydrogen (secondary N) is 3. The van der Waals surface area contributed by atoms with Crippen LogP contribution in [0.5, 0.6) is 0 Å². The summed E-state index contributed by atoms with van der Waals surface area (Å²) < 4.78 is 0. The van der Waals surface area contributed by atoms with E-state index < -0.39 is 17.2 Å². The second-order valence-corrected chi connectivity index (χ2v) is 4.57. The van der Waals surface area contributed by atoms with Crippen molar-refractivity contribution in [2.24, 2.45) is 0 Å². The third-order valence-corrected chi connectivity index (χ3v) is 2.87. The fourth-order valence-electron chi connectivity index (χ4n) is 1.66. The summed E-state index contributed by atoms with van der Waals surface area (Å²) in [6.07, 6.45) is 0.621. The van der Waals surface area contributed by atoms with Crippen LogP contribution in [0.25, 0.3) is 0 Å². The second kappa shape index (κ2) is 6.21. The summed E-state index contributed by atoms with van der Waals surface area (Å²) in [5, 5.41) is 3.27. The summed E-state index contributed by atoms with van der Waals surface area (Å²) in [6.45, 7) is 0.384. The molecule has 3 N–H and O–H groups in total. The Labute approximate surface area is 118 Å². The van der Waals surface area contributed by atoms with E-state index in [1.165, 1.54) is 0 Å². The van der Waals surface area contributed by atoms with Gasteiger partial charge < -0.3 is 10.3 Å². The van der Waals surface area contributed by atoms with E-state index in [9.17, 15) is 14.4 Å². The SMILES string of the molecule is O=C(NCCc1ccc(Cl)cc1)c1cc(=O)[nH]c(=O)[nH]1. The van der Waals surface area contributed by atoms with E-state index in [-0.39, 0.29) is 5.69 Å². The highest BCUT2D eigenvalue weighted by Gasteiger charge is 2.07. The highest BCUT2D eigenvalue weighted by Crippen LogP contribution is 2.09. The molecule has 1 heterocycles. The lowest BCUT2D eigenvalue weighted by Gasteiger charge is -2.05. The van der Waals surface area contributed by atoms with Gasteiger partial charge in [0.2, 0.25) is 0 Å². The van der Waals surface area contributed by atoms with Crippen molar-refractivity contribution in [2.75, 3.05) is 6.54 Å². The highest BCUT2D eigenvalue weighted by molar-refractivity contribution is 6.30. The molecule has 20 heavy (non-hydrogen) atoms. The summed E-state index contributed by atoms with van der Waals surface area (Å²) in [5.41, 5.74) is -0.360. The average Bonchev–Trinajstić information content (AvgIpc) is 2.40. The number of aromatic amines is 2. The van der Waals surface area contributed by atoms with Gasteiger partial charge in [0.05, 0.1) is 0 Å². The Balaban J connectivity index is 1.93. The van der Waals surface area contributed by atoms with Crippen LogP contribution in [0.1, 0.15) is 16.1 Å². The standard InChI is InChI=1S/C13H12ClN3O3/c14-9-3-1-8(2-4-9)5-6-15-12(19)10-7-11(18)17-13(20)16-10/h1-4,7H,5-6H2,(H,15,19)(H2,16,17,18,20). The molecule has 0 radical (unpaired) electrons. The van der Waals surface area contributed by atoms with Gasteiger partial charge in [-0.25, -0.2) is 4.79 Å². The number of hydrogen-bond acceptors (Lipinski definition) is 3. The molecule has 0 unspecified atom stereocenters. The monoisotopic (exact) mass is 293 g/mol. The maximum Gasteiger partial charge on any atom is 0.326 e. The first-order valence-electron chi connectivity index (χ1n) is 5.91. The first kappa shape index (κ1) is 14.1.